The summed E-state index contributed by atoms with van der Waals surface area (Å²) in [6.45, 7) is 19.1. The van der Waals surface area contributed by atoms with E-state index in [1.54, 1.807) is 24.4 Å². The average molecular weight is 1290 g/mol. The molecule has 6 aromatic carbocycles. The molecule has 9 aromatic rings. The van der Waals surface area contributed by atoms with Crippen LogP contribution in [-0.4, -0.2) is 86.8 Å². The molecule has 2 atom stereocenters. The van der Waals surface area contributed by atoms with Crippen LogP contribution in [0.4, 0.5) is 0 Å². The number of nitrogens with zero attached hydrogens (tertiary/aromatic N) is 4. The molecule has 0 bridgehead atoms. The molecule has 1 unspecified atom stereocenters. The number of hydrogen-bond acceptors (Lipinski definition) is 10. The summed E-state index contributed by atoms with van der Waals surface area (Å²) in [6, 6.07) is 61.9. The highest BCUT2D eigenvalue weighted by molar-refractivity contribution is 9.10. The number of aldehydes is 2. The largest absolute Gasteiger partial charge is 0.490 e. The molecule has 2 aliphatic heterocycles. The number of carbonyl (C=O) groups excluding carboxylic acids is 2. The van der Waals surface area contributed by atoms with Gasteiger partial charge in [0.2, 0.25) is 5.60 Å². The lowest BCUT2D eigenvalue weighted by Gasteiger charge is -2.25. The van der Waals surface area contributed by atoms with Gasteiger partial charge in [-0.15, -0.1) is 0 Å². The van der Waals surface area contributed by atoms with E-state index in [1.165, 1.54) is 105 Å². The number of aromatic nitrogens is 3. The van der Waals surface area contributed by atoms with E-state index in [2.05, 4.69) is 227 Å². The van der Waals surface area contributed by atoms with Crippen LogP contribution in [0.1, 0.15) is 130 Å². The van der Waals surface area contributed by atoms with Gasteiger partial charge in [-0.05, 0) is 204 Å². The fourth-order valence-electron chi connectivity index (χ4n) is 11.1. The lowest BCUT2D eigenvalue weighted by molar-refractivity contribution is 0.0262. The molecule has 5 heterocycles. The second-order valence-electron chi connectivity index (χ2n) is 24.1. The van der Waals surface area contributed by atoms with Crippen LogP contribution >= 0.6 is 15.9 Å². The van der Waals surface area contributed by atoms with Crippen molar-refractivity contribution in [1.29, 1.82) is 0 Å². The van der Waals surface area contributed by atoms with E-state index in [4.69, 9.17) is 14.4 Å². The first-order valence-corrected chi connectivity index (χ1v) is 32.5. The van der Waals surface area contributed by atoms with Crippen molar-refractivity contribution in [2.24, 2.45) is 5.92 Å². The van der Waals surface area contributed by atoms with Crippen LogP contribution in [0.3, 0.4) is 0 Å². The molecule has 0 amide bonds. The van der Waals surface area contributed by atoms with Crippen LogP contribution in [0.2, 0.25) is 0 Å². The minimum absolute atomic E-state index is 0.246. The minimum atomic E-state index is -0.553. The van der Waals surface area contributed by atoms with Crippen molar-refractivity contribution in [3.63, 3.8) is 0 Å². The van der Waals surface area contributed by atoms with Crippen LogP contribution in [0.5, 0.6) is 0 Å². The Morgan fingerprint density at radius 2 is 1.00 bits per heavy atom. The van der Waals surface area contributed by atoms with Gasteiger partial charge in [0.15, 0.2) is 12.6 Å². The smallest absolute Gasteiger partial charge is 0.396 e. The van der Waals surface area contributed by atoms with E-state index in [9.17, 15) is 14.7 Å². The lowest BCUT2D eigenvalue weighted by Crippen LogP contribution is -2.42. The zero-order valence-corrected chi connectivity index (χ0v) is 55.5. The molecule has 470 valence electrons. The SMILES string of the molecule is Cc1c(/C=C/c2ccc(C=O)cn2)cccc1-c1ccccc1.Cc1c(/C=C/c2ccc(CN3CCC[C@H]3CO)cn2)cccc1-c1ccccc1.O=Cc1ccc(Br)nc1.OCC1CCCC1.[CH2+]C1(C)OB(/C=C/c2cccc(-c3ccccc3)c2C)OC1(C)C. The summed E-state index contributed by atoms with van der Waals surface area (Å²) in [5.74, 6) is 2.62. The first-order chi connectivity index (χ1) is 44.6. The van der Waals surface area contributed by atoms with Crippen molar-refractivity contribution in [1.82, 2.24) is 19.9 Å². The van der Waals surface area contributed by atoms with Crippen molar-refractivity contribution >= 4 is 66.0 Å². The van der Waals surface area contributed by atoms with Gasteiger partial charge in [0.1, 0.15) is 10.2 Å². The first-order valence-electron chi connectivity index (χ1n) is 31.7. The molecule has 10 nitrogen and oxygen atoms in total. The summed E-state index contributed by atoms with van der Waals surface area (Å²) in [4.78, 5) is 35.8. The van der Waals surface area contributed by atoms with Crippen LogP contribution in [0, 0.1) is 33.6 Å². The average Bonchev–Trinajstić information content (AvgIpc) is 1.70. The third kappa shape index (κ3) is 20.0. The van der Waals surface area contributed by atoms with Crippen molar-refractivity contribution in [2.75, 3.05) is 19.8 Å². The highest BCUT2D eigenvalue weighted by Crippen LogP contribution is 2.37. The predicted octanol–water partition coefficient (Wildman–Crippen LogP) is 18.2. The van der Waals surface area contributed by atoms with Gasteiger partial charge in [-0.3, -0.25) is 24.5 Å². The molecule has 12 rings (SSSR count). The van der Waals surface area contributed by atoms with Crippen molar-refractivity contribution in [3.8, 4) is 33.4 Å². The van der Waals surface area contributed by atoms with Crippen molar-refractivity contribution in [2.45, 2.75) is 104 Å². The Kier molecular flexibility index (Phi) is 26.3. The maximum atomic E-state index is 10.7. The third-order valence-corrected chi connectivity index (χ3v) is 17.7. The Balaban J connectivity index is 0.000000159. The van der Waals surface area contributed by atoms with Gasteiger partial charge in [-0.1, -0.05) is 189 Å². The topological polar surface area (TPSA) is 135 Å². The van der Waals surface area contributed by atoms with E-state index < -0.39 is 11.2 Å². The van der Waals surface area contributed by atoms with Gasteiger partial charge in [0.05, 0.1) is 24.9 Å². The Hall–Kier alpha value is -8.46. The zero-order valence-electron chi connectivity index (χ0n) is 53.9. The Morgan fingerprint density at radius 1 is 0.533 bits per heavy atom. The molecule has 92 heavy (non-hydrogen) atoms. The van der Waals surface area contributed by atoms with Crippen LogP contribution in [0.15, 0.2) is 211 Å². The summed E-state index contributed by atoms with van der Waals surface area (Å²) in [6.07, 6.45) is 24.4. The summed E-state index contributed by atoms with van der Waals surface area (Å²) < 4.78 is 12.6. The number of halogens is 1. The molecule has 3 aliphatic rings. The number of pyridine rings is 3. The normalized spacial score (nSPS) is 16.8. The van der Waals surface area contributed by atoms with Crippen molar-refractivity contribution < 1.29 is 29.1 Å². The number of rotatable bonds is 15. The molecule has 1 aliphatic carbocycles. The molecule has 0 radical (unpaired) electrons. The lowest BCUT2D eigenvalue weighted by atomic mass is 9.87. The van der Waals surface area contributed by atoms with Crippen LogP contribution in [0.25, 0.3) is 63.8 Å². The second kappa shape index (κ2) is 34.8. The highest BCUT2D eigenvalue weighted by Gasteiger charge is 2.55. The quantitative estimate of drug-likeness (QED) is 0.0442. The van der Waals surface area contributed by atoms with Gasteiger partial charge < -0.3 is 19.5 Å². The molecule has 2 saturated heterocycles. The standard InChI is InChI=1S/C26H28N2O.C21H24BO2.C21H17NO.C6H4BrNO.C6H12O/c1-20-22(9-5-11-26(20)23-7-3-2-4-8-23)13-15-24-14-12-21(17-27-24)18-28-16-6-10-25(28)19-29;1-16-17(12-9-13-19(16)18-10-7-6-8-11-18)14-15-22-23-20(2,3)21(4,5)24-22;1-16-18(11-13-20-12-10-17(15-23)14-22-20)8-5-9-21(16)19-6-3-2-4-7-19;7-6-2-1-5(4-9)3-8-6;7-5-6-3-1-2-4-6/h2-5,7-9,11-15,17,25,29H,6,10,16,18-19H2,1H3;6-15H,2H2,1,3-5H3;2-15H,1H3;1-4H;6-7H,1-5H2/q;+1;;;/b15-13+;15-14+;13-11+;;/t25-;;;;/m0..../s1. The van der Waals surface area contributed by atoms with E-state index >= 15 is 0 Å². The number of hydrogen-bond donors (Lipinski definition) is 2. The van der Waals surface area contributed by atoms with Crippen LogP contribution < -0.4 is 0 Å². The molecule has 2 N–H and O–H groups in total. The molecular weight excluding hydrogens is 1200 g/mol. The van der Waals surface area contributed by atoms with Gasteiger partial charge in [0.25, 0.3) is 0 Å². The second-order valence-corrected chi connectivity index (χ2v) is 24.9. The number of carbonyl (C=O) groups is 2. The Labute approximate surface area is 554 Å². The molecule has 3 aromatic heterocycles. The molecule has 12 heteroatoms. The van der Waals surface area contributed by atoms with Crippen molar-refractivity contribution in [3.05, 3.63) is 280 Å². The van der Waals surface area contributed by atoms with Crippen LogP contribution in [-0.2, 0) is 15.9 Å². The van der Waals surface area contributed by atoms with Gasteiger partial charge in [-0.2, -0.15) is 0 Å². The number of aliphatic hydroxyl groups is 2. The fraction of sp³-hybridized carbons (Fsp3) is 0.250. The van der Waals surface area contributed by atoms with E-state index in [-0.39, 0.29) is 13.7 Å². The van der Waals surface area contributed by atoms with E-state index in [0.717, 1.165) is 53.6 Å². The maximum absolute atomic E-state index is 10.7. The monoisotopic (exact) mass is 1290 g/mol. The summed E-state index contributed by atoms with van der Waals surface area (Å²) in [5, 5.41) is 18.1. The van der Waals surface area contributed by atoms with E-state index in [0.29, 0.717) is 29.7 Å². The Bertz CT molecular complexity index is 3820. The fourth-order valence-corrected chi connectivity index (χ4v) is 11.4. The first kappa shape index (κ1) is 69.4. The number of benzene rings is 6. The molecular formula is C80H85BBrN4O6+. The summed E-state index contributed by atoms with van der Waals surface area (Å²) >= 11 is 3.15. The summed E-state index contributed by atoms with van der Waals surface area (Å²) in [5.41, 5.74) is 17.9. The van der Waals surface area contributed by atoms with Gasteiger partial charge in [-0.25, -0.2) is 4.98 Å². The van der Waals surface area contributed by atoms with Gasteiger partial charge >= 0.3 is 7.12 Å². The summed E-state index contributed by atoms with van der Waals surface area (Å²) in [7, 11) is -0.373. The number of likely N-dealkylation sites (tertiary alicyclic amines) is 1. The predicted molar refractivity (Wildman–Crippen MR) is 383 cm³/mol. The molecule has 1 saturated carbocycles. The maximum Gasteiger partial charge on any atom is 0.490 e. The third-order valence-electron chi connectivity index (χ3n) is 17.3. The number of aliphatic hydroxyl groups excluding tert-OH is 2. The molecule has 0 spiro atoms. The minimum Gasteiger partial charge on any atom is -0.396 e. The Morgan fingerprint density at radius 3 is 1.39 bits per heavy atom. The highest BCUT2D eigenvalue weighted by atomic mass is 79.9. The zero-order chi connectivity index (χ0) is 65.3. The molecule has 3 fully saturated rings. The van der Waals surface area contributed by atoms with Gasteiger partial charge in [0, 0.05) is 55.8 Å². The van der Waals surface area contributed by atoms with E-state index in [1.807, 2.05) is 63.3 Å².